The molecule has 1 N–H and O–H groups in total. The Hall–Kier alpha value is -1.72. The average molecular weight is 208 g/mol. The van der Waals surface area contributed by atoms with E-state index in [-0.39, 0.29) is 30.2 Å². The second kappa shape index (κ2) is 3.45. The molecule has 6 nitrogen and oxygen atoms in total. The van der Waals surface area contributed by atoms with Crippen LogP contribution in [0, 0.1) is 11.8 Å². The van der Waals surface area contributed by atoms with Crippen molar-refractivity contribution in [2.75, 3.05) is 0 Å². The number of hydrogen-bond acceptors (Lipinski definition) is 4. The van der Waals surface area contributed by atoms with Crippen molar-refractivity contribution in [2.24, 2.45) is 11.8 Å². The maximum atomic E-state index is 11.7. The Morgan fingerprint density at radius 1 is 1.33 bits per heavy atom. The van der Waals surface area contributed by atoms with E-state index in [0.717, 1.165) is 0 Å². The Labute approximate surface area is 86.7 Å². The van der Waals surface area contributed by atoms with Crippen LogP contribution in [0.15, 0.2) is 6.33 Å². The molecule has 80 valence electrons. The molecule has 1 aliphatic rings. The Morgan fingerprint density at radius 3 is 2.40 bits per heavy atom. The molecule has 0 aromatic carbocycles. The van der Waals surface area contributed by atoms with Crippen molar-refractivity contribution in [1.82, 2.24) is 20.1 Å². The maximum Gasteiger partial charge on any atom is 0.233 e. The van der Waals surface area contributed by atoms with Crippen molar-refractivity contribution in [3.8, 4) is 0 Å². The van der Waals surface area contributed by atoms with Gasteiger partial charge < -0.3 is 0 Å². The van der Waals surface area contributed by atoms with Gasteiger partial charge in [0.15, 0.2) is 0 Å². The minimum Gasteiger partial charge on any atom is -0.274 e. The molecule has 2 amide bonds. The molecule has 15 heavy (non-hydrogen) atoms. The van der Waals surface area contributed by atoms with Gasteiger partial charge in [0.2, 0.25) is 11.8 Å². The highest BCUT2D eigenvalue weighted by Crippen LogP contribution is 2.26. The number of imide groups is 1. The molecule has 6 heteroatoms. The lowest BCUT2D eigenvalue weighted by molar-refractivity contribution is -0.140. The first kappa shape index (κ1) is 9.82. The fourth-order valence-electron chi connectivity index (χ4n) is 1.64. The molecule has 0 bridgehead atoms. The van der Waals surface area contributed by atoms with Crippen LogP contribution >= 0.6 is 0 Å². The van der Waals surface area contributed by atoms with Gasteiger partial charge >= 0.3 is 0 Å². The molecule has 1 fully saturated rings. The van der Waals surface area contributed by atoms with E-state index in [1.807, 2.05) is 0 Å². The highest BCUT2D eigenvalue weighted by atomic mass is 16.2. The van der Waals surface area contributed by atoms with Crippen LogP contribution in [-0.2, 0) is 16.1 Å². The summed E-state index contributed by atoms with van der Waals surface area (Å²) in [6.07, 6.45) is 1.35. The predicted molar refractivity (Wildman–Crippen MR) is 50.3 cm³/mol. The molecule has 1 saturated heterocycles. The number of aromatic amines is 1. The van der Waals surface area contributed by atoms with E-state index < -0.39 is 0 Å². The Morgan fingerprint density at radius 2 is 1.93 bits per heavy atom. The van der Waals surface area contributed by atoms with Crippen LogP contribution in [0.3, 0.4) is 0 Å². The highest BCUT2D eigenvalue weighted by molar-refractivity contribution is 6.04. The monoisotopic (exact) mass is 208 g/mol. The summed E-state index contributed by atoms with van der Waals surface area (Å²) in [5.74, 6) is -0.216. The van der Waals surface area contributed by atoms with Crippen molar-refractivity contribution in [3.05, 3.63) is 12.2 Å². The molecule has 0 aliphatic carbocycles. The van der Waals surface area contributed by atoms with Gasteiger partial charge in [0.05, 0.1) is 6.54 Å². The lowest BCUT2D eigenvalue weighted by atomic mass is 10.00. The van der Waals surface area contributed by atoms with E-state index in [1.54, 1.807) is 13.8 Å². The summed E-state index contributed by atoms with van der Waals surface area (Å²) >= 11 is 0. The number of amides is 2. The molecule has 2 unspecified atom stereocenters. The summed E-state index contributed by atoms with van der Waals surface area (Å²) in [4.78, 5) is 28.5. The molecule has 0 spiro atoms. The molecular formula is C9H12N4O2. The van der Waals surface area contributed by atoms with Gasteiger partial charge in [-0.2, -0.15) is 5.10 Å². The Bertz CT molecular complexity index is 367. The van der Waals surface area contributed by atoms with Crippen LogP contribution in [0.25, 0.3) is 0 Å². The van der Waals surface area contributed by atoms with Gasteiger partial charge in [0.25, 0.3) is 0 Å². The fourth-order valence-corrected chi connectivity index (χ4v) is 1.64. The third kappa shape index (κ3) is 1.51. The Kier molecular flexibility index (Phi) is 2.26. The lowest BCUT2D eigenvalue weighted by Gasteiger charge is -2.11. The molecule has 1 aromatic heterocycles. The van der Waals surface area contributed by atoms with Gasteiger partial charge in [-0.3, -0.25) is 19.6 Å². The minimum atomic E-state index is -0.236. The van der Waals surface area contributed by atoms with Crippen LogP contribution < -0.4 is 0 Å². The predicted octanol–water partition coefficient (Wildman–Crippen LogP) is -0.0543. The number of carbonyl (C=O) groups excluding carboxylic acids is 2. The van der Waals surface area contributed by atoms with Crippen LogP contribution in [-0.4, -0.2) is 31.9 Å². The number of nitrogens with zero attached hydrogens (tertiary/aromatic N) is 3. The molecule has 1 aliphatic heterocycles. The van der Waals surface area contributed by atoms with Crippen molar-refractivity contribution in [3.63, 3.8) is 0 Å². The van der Waals surface area contributed by atoms with E-state index in [4.69, 9.17) is 0 Å². The summed E-state index contributed by atoms with van der Waals surface area (Å²) < 4.78 is 0. The normalized spacial score (nSPS) is 26.4. The largest absolute Gasteiger partial charge is 0.274 e. The molecule has 2 atom stereocenters. The first-order valence-corrected chi connectivity index (χ1v) is 4.80. The second-order valence-electron chi connectivity index (χ2n) is 3.77. The van der Waals surface area contributed by atoms with E-state index in [9.17, 15) is 9.59 Å². The SMILES string of the molecule is CC1C(=O)N(Cc2ncn[nH]2)C(=O)C1C. The van der Waals surface area contributed by atoms with Crippen LogP contribution in [0.2, 0.25) is 0 Å². The smallest absolute Gasteiger partial charge is 0.233 e. The molecule has 2 rings (SSSR count). The van der Waals surface area contributed by atoms with E-state index in [1.165, 1.54) is 11.2 Å². The van der Waals surface area contributed by atoms with Crippen LogP contribution in [0.1, 0.15) is 19.7 Å². The van der Waals surface area contributed by atoms with Gasteiger partial charge in [0.1, 0.15) is 12.2 Å². The zero-order chi connectivity index (χ0) is 11.0. The topological polar surface area (TPSA) is 79.0 Å². The standard InChI is InChI=1S/C9H12N4O2/c1-5-6(2)9(15)13(8(5)14)3-7-10-4-11-12-7/h4-6H,3H2,1-2H3,(H,10,11,12). The van der Waals surface area contributed by atoms with Gasteiger partial charge in [-0.1, -0.05) is 13.8 Å². The van der Waals surface area contributed by atoms with Crippen LogP contribution in [0.5, 0.6) is 0 Å². The van der Waals surface area contributed by atoms with Gasteiger partial charge in [-0.25, -0.2) is 4.98 Å². The third-order valence-corrected chi connectivity index (χ3v) is 2.83. The number of rotatable bonds is 2. The quantitative estimate of drug-likeness (QED) is 0.691. The minimum absolute atomic E-state index is 0.135. The zero-order valence-corrected chi connectivity index (χ0v) is 8.60. The molecule has 1 aromatic rings. The van der Waals surface area contributed by atoms with E-state index >= 15 is 0 Å². The van der Waals surface area contributed by atoms with Crippen molar-refractivity contribution >= 4 is 11.8 Å². The summed E-state index contributed by atoms with van der Waals surface area (Å²) in [7, 11) is 0. The lowest BCUT2D eigenvalue weighted by Crippen LogP contribution is -2.30. The molecule has 2 heterocycles. The highest BCUT2D eigenvalue weighted by Gasteiger charge is 2.42. The van der Waals surface area contributed by atoms with Crippen molar-refractivity contribution in [1.29, 1.82) is 0 Å². The Balaban J connectivity index is 2.16. The summed E-state index contributed by atoms with van der Waals surface area (Å²) in [5, 5.41) is 6.29. The third-order valence-electron chi connectivity index (χ3n) is 2.83. The average Bonchev–Trinajstić information content (AvgIpc) is 2.79. The van der Waals surface area contributed by atoms with E-state index in [0.29, 0.717) is 5.82 Å². The zero-order valence-electron chi connectivity index (χ0n) is 8.60. The first-order chi connectivity index (χ1) is 7.11. The fraction of sp³-hybridized carbons (Fsp3) is 0.556. The number of nitrogens with one attached hydrogen (secondary N) is 1. The summed E-state index contributed by atoms with van der Waals surface area (Å²) in [5.41, 5.74) is 0. The number of aromatic nitrogens is 3. The molecule has 0 radical (unpaired) electrons. The van der Waals surface area contributed by atoms with Gasteiger partial charge in [-0.15, -0.1) is 0 Å². The van der Waals surface area contributed by atoms with Gasteiger partial charge in [0, 0.05) is 11.8 Å². The number of hydrogen-bond donors (Lipinski definition) is 1. The first-order valence-electron chi connectivity index (χ1n) is 4.80. The van der Waals surface area contributed by atoms with Crippen LogP contribution in [0.4, 0.5) is 0 Å². The second-order valence-corrected chi connectivity index (χ2v) is 3.77. The number of likely N-dealkylation sites (tertiary alicyclic amines) is 1. The number of H-pyrrole nitrogens is 1. The summed E-state index contributed by atoms with van der Waals surface area (Å²) in [6.45, 7) is 3.73. The van der Waals surface area contributed by atoms with Crippen molar-refractivity contribution < 1.29 is 9.59 Å². The summed E-state index contributed by atoms with van der Waals surface area (Å²) in [6, 6.07) is 0. The van der Waals surface area contributed by atoms with Crippen molar-refractivity contribution in [2.45, 2.75) is 20.4 Å². The molecular weight excluding hydrogens is 196 g/mol. The number of carbonyl (C=O) groups is 2. The van der Waals surface area contributed by atoms with E-state index in [2.05, 4.69) is 15.2 Å². The maximum absolute atomic E-state index is 11.7. The van der Waals surface area contributed by atoms with Gasteiger partial charge in [-0.05, 0) is 0 Å². The molecule has 0 saturated carbocycles.